The van der Waals surface area contributed by atoms with Crippen LogP contribution in [0.4, 0.5) is 13.2 Å². The van der Waals surface area contributed by atoms with Crippen LogP contribution in [0.15, 0.2) is 46.9 Å². The number of nitrogens with zero attached hydrogens (tertiary/aromatic N) is 3. The van der Waals surface area contributed by atoms with E-state index in [-0.39, 0.29) is 33.2 Å². The molecule has 2 atom stereocenters. The maximum atomic E-state index is 14.6. The Morgan fingerprint density at radius 2 is 2.19 bits per heavy atom. The van der Waals surface area contributed by atoms with Gasteiger partial charge in [-0.05, 0) is 37.4 Å². The summed E-state index contributed by atoms with van der Waals surface area (Å²) < 4.78 is 47.5. The molecule has 1 unspecified atom stereocenters. The van der Waals surface area contributed by atoms with Crippen molar-refractivity contribution in [2.75, 3.05) is 0 Å². The monoisotopic (exact) mass is 442 g/mol. The molecule has 3 aromatic rings. The smallest absolute Gasteiger partial charge is 0.387 e. The van der Waals surface area contributed by atoms with Gasteiger partial charge in [0.1, 0.15) is 17.1 Å². The highest BCUT2D eigenvalue weighted by Gasteiger charge is 2.40. The number of ether oxygens (including phenoxy) is 1. The topological polar surface area (TPSA) is 56.5 Å². The maximum absolute atomic E-state index is 14.6. The van der Waals surface area contributed by atoms with Crippen LogP contribution in [0.3, 0.4) is 0 Å². The normalized spacial score (nSPS) is 19.2. The van der Waals surface area contributed by atoms with E-state index in [4.69, 9.17) is 16.3 Å². The second-order valence-corrected chi connectivity index (χ2v) is 7.72. The van der Waals surface area contributed by atoms with Crippen LogP contribution in [-0.4, -0.2) is 36.1 Å². The number of imidazole rings is 1. The zero-order valence-corrected chi connectivity index (χ0v) is 16.6. The molecule has 1 radical (unpaired) electrons. The minimum absolute atomic E-state index is 0.0794. The van der Waals surface area contributed by atoms with Gasteiger partial charge >= 0.3 is 6.61 Å². The van der Waals surface area contributed by atoms with E-state index in [1.165, 1.54) is 24.3 Å². The molecule has 5 rings (SSSR count). The number of rotatable bonds is 4. The van der Waals surface area contributed by atoms with E-state index < -0.39 is 24.4 Å². The number of alkyl halides is 2. The van der Waals surface area contributed by atoms with Gasteiger partial charge in [-0.25, -0.2) is 14.4 Å². The first-order chi connectivity index (χ1) is 14.9. The standard InChI is InChI=1S/C21H13BClF3N3O2/c1-27-20(30)11-3-2-4-15(31-21(25)26)16(11)13-5-9-8-22-17(9)19-28-18-12(24)6-10(23)7-14(18)29(13)19/h2-4,6-8,13,17,21H,1,5H2/t13-,17?/m1/s1. The summed E-state index contributed by atoms with van der Waals surface area (Å²) in [4.78, 5) is 20.4. The number of hydrogen-bond acceptors (Lipinski definition) is 3. The molecule has 2 aliphatic heterocycles. The highest BCUT2D eigenvalue weighted by molar-refractivity contribution is 6.50. The average molecular weight is 443 g/mol. The van der Waals surface area contributed by atoms with E-state index in [1.807, 2.05) is 13.3 Å². The quantitative estimate of drug-likeness (QED) is 0.426. The largest absolute Gasteiger partial charge is 0.434 e. The molecule has 0 saturated carbocycles. The fourth-order valence-electron chi connectivity index (χ4n) is 4.36. The Hall–Kier alpha value is -3.07. The van der Waals surface area contributed by atoms with Crippen molar-refractivity contribution in [3.63, 3.8) is 0 Å². The van der Waals surface area contributed by atoms with Crippen molar-refractivity contribution in [3.05, 3.63) is 69.7 Å². The minimum Gasteiger partial charge on any atom is -0.434 e. The van der Waals surface area contributed by atoms with Gasteiger partial charge in [-0.15, -0.1) is 5.98 Å². The third kappa shape index (κ3) is 3.06. The van der Waals surface area contributed by atoms with Gasteiger partial charge in [-0.2, -0.15) is 8.78 Å². The second-order valence-electron chi connectivity index (χ2n) is 7.29. The van der Waals surface area contributed by atoms with Crippen LogP contribution in [0, 0.1) is 5.82 Å². The fourth-order valence-corrected chi connectivity index (χ4v) is 4.56. The number of halogens is 4. The zero-order valence-electron chi connectivity index (χ0n) is 15.9. The number of aliphatic imine (C=N–C) groups is 1. The van der Waals surface area contributed by atoms with Gasteiger partial charge in [0.05, 0.1) is 17.1 Å². The number of carbonyl (C=O) groups is 1. The molecule has 2 aliphatic rings. The Morgan fingerprint density at radius 1 is 1.39 bits per heavy atom. The lowest BCUT2D eigenvalue weighted by molar-refractivity contribution is -0.0507. The lowest BCUT2D eigenvalue weighted by Crippen LogP contribution is -2.33. The predicted molar refractivity (Wildman–Crippen MR) is 111 cm³/mol. The van der Waals surface area contributed by atoms with Crippen LogP contribution in [0.5, 0.6) is 5.75 Å². The van der Waals surface area contributed by atoms with Crippen molar-refractivity contribution in [2.45, 2.75) is 24.9 Å². The molecule has 1 aromatic heterocycles. The van der Waals surface area contributed by atoms with Gasteiger partial charge in [-0.3, -0.25) is 4.79 Å². The number of aromatic nitrogens is 2. The SMILES string of the molecule is C=NC(=O)c1cccc(OC(F)F)c1[C@H]1CC2=C[B]C2c2nc3c(F)cc(Cl)cc3n21. The van der Waals surface area contributed by atoms with Gasteiger partial charge in [-0.1, -0.05) is 23.2 Å². The molecule has 0 N–H and O–H groups in total. The Bertz CT molecular complexity index is 1290. The lowest BCUT2D eigenvalue weighted by atomic mass is 9.48. The molecule has 0 saturated heterocycles. The zero-order chi connectivity index (χ0) is 21.9. The first-order valence-corrected chi connectivity index (χ1v) is 9.76. The molecule has 155 valence electrons. The molecule has 1 amide bonds. The minimum atomic E-state index is -3.10. The lowest BCUT2D eigenvalue weighted by Gasteiger charge is -2.38. The summed E-state index contributed by atoms with van der Waals surface area (Å²) in [6.07, 6.45) is 0.398. The highest BCUT2D eigenvalue weighted by atomic mass is 35.5. The molecule has 0 bridgehead atoms. The van der Waals surface area contributed by atoms with Gasteiger partial charge in [0, 0.05) is 16.4 Å². The maximum Gasteiger partial charge on any atom is 0.387 e. The molecule has 3 heterocycles. The summed E-state index contributed by atoms with van der Waals surface area (Å²) in [5, 5.41) is 0.173. The fraction of sp³-hybridized carbons (Fsp3) is 0.190. The first-order valence-electron chi connectivity index (χ1n) is 9.38. The molecule has 2 aromatic carbocycles. The van der Waals surface area contributed by atoms with Crippen molar-refractivity contribution in [1.29, 1.82) is 0 Å². The second kappa shape index (κ2) is 7.27. The Labute approximate surface area is 180 Å². The van der Waals surface area contributed by atoms with Crippen LogP contribution in [0.2, 0.25) is 5.02 Å². The molecule has 0 aliphatic carbocycles. The third-order valence-electron chi connectivity index (χ3n) is 5.65. The summed E-state index contributed by atoms with van der Waals surface area (Å²) in [6, 6.07) is 6.35. The van der Waals surface area contributed by atoms with Crippen molar-refractivity contribution in [1.82, 2.24) is 9.55 Å². The number of carbonyl (C=O) groups excluding carboxylic acids is 1. The Kier molecular flexibility index (Phi) is 4.66. The summed E-state index contributed by atoms with van der Waals surface area (Å²) >= 11 is 6.10. The Morgan fingerprint density at radius 3 is 2.87 bits per heavy atom. The van der Waals surface area contributed by atoms with E-state index in [1.54, 1.807) is 10.6 Å². The van der Waals surface area contributed by atoms with Crippen LogP contribution < -0.4 is 4.74 Å². The first kappa shape index (κ1) is 19.9. The van der Waals surface area contributed by atoms with E-state index in [0.29, 0.717) is 17.8 Å². The van der Waals surface area contributed by atoms with Crippen LogP contribution >= 0.6 is 11.6 Å². The molecule has 0 fully saturated rings. The summed E-state index contributed by atoms with van der Waals surface area (Å²) in [5.41, 5.74) is 1.81. The van der Waals surface area contributed by atoms with Crippen molar-refractivity contribution >= 4 is 42.5 Å². The molecular formula is C21H13BClF3N3O2. The van der Waals surface area contributed by atoms with Crippen molar-refractivity contribution in [2.24, 2.45) is 4.99 Å². The van der Waals surface area contributed by atoms with E-state index >= 15 is 0 Å². The van der Waals surface area contributed by atoms with Gasteiger partial charge in [0.15, 0.2) is 13.1 Å². The van der Waals surface area contributed by atoms with Crippen LogP contribution in [0.1, 0.15) is 40.0 Å². The van der Waals surface area contributed by atoms with Gasteiger partial charge in [0.2, 0.25) is 0 Å². The van der Waals surface area contributed by atoms with Crippen molar-refractivity contribution < 1.29 is 22.7 Å². The van der Waals surface area contributed by atoms with Crippen LogP contribution in [-0.2, 0) is 0 Å². The van der Waals surface area contributed by atoms with Crippen LogP contribution in [0.25, 0.3) is 11.0 Å². The predicted octanol–water partition coefficient (Wildman–Crippen LogP) is 4.91. The molecule has 10 heteroatoms. The molecule has 5 nitrogen and oxygen atoms in total. The number of allylic oxidation sites excluding steroid dienone is 1. The highest BCUT2D eigenvalue weighted by Crippen LogP contribution is 2.49. The average Bonchev–Trinajstić information content (AvgIpc) is 3.06. The number of hydrogen-bond donors (Lipinski definition) is 0. The summed E-state index contributed by atoms with van der Waals surface area (Å²) in [6.45, 7) is 0.170. The summed E-state index contributed by atoms with van der Waals surface area (Å²) in [5.74, 6) is 0.902. The van der Waals surface area contributed by atoms with Gasteiger partial charge < -0.3 is 9.30 Å². The van der Waals surface area contributed by atoms with Crippen molar-refractivity contribution in [3.8, 4) is 5.75 Å². The van der Waals surface area contributed by atoms with E-state index in [9.17, 15) is 18.0 Å². The molecule has 0 spiro atoms. The van der Waals surface area contributed by atoms with E-state index in [0.717, 1.165) is 5.57 Å². The third-order valence-corrected chi connectivity index (χ3v) is 5.87. The molecular weight excluding hydrogens is 430 g/mol. The molecule has 31 heavy (non-hydrogen) atoms. The number of fused-ring (bicyclic) bond motifs is 5. The summed E-state index contributed by atoms with van der Waals surface area (Å²) in [7, 11) is 1.93. The van der Waals surface area contributed by atoms with E-state index in [2.05, 4.69) is 16.7 Å². The number of amides is 1. The Balaban J connectivity index is 1.82. The number of benzene rings is 2. The van der Waals surface area contributed by atoms with Gasteiger partial charge in [0.25, 0.3) is 5.91 Å².